The molecule has 0 saturated carbocycles. The number of nitrogens with two attached hydrogens (primary N) is 1. The average molecular weight is 508 g/mol. The van der Waals surface area contributed by atoms with Gasteiger partial charge in [-0.25, -0.2) is 9.50 Å². The van der Waals surface area contributed by atoms with E-state index in [-0.39, 0.29) is 0 Å². The maximum Gasteiger partial charge on any atom is 0.151 e. The fourth-order valence-electron chi connectivity index (χ4n) is 6.13. The number of unbranched alkanes of at least 4 members (excludes halogenated alkanes) is 1. The van der Waals surface area contributed by atoms with E-state index in [2.05, 4.69) is 83.6 Å². The highest BCUT2D eigenvalue weighted by molar-refractivity contribution is 5.92. The number of aromatic nitrogens is 5. The Hall–Kier alpha value is -3.71. The van der Waals surface area contributed by atoms with E-state index in [1.54, 1.807) is 6.33 Å². The van der Waals surface area contributed by atoms with E-state index < -0.39 is 0 Å². The van der Waals surface area contributed by atoms with Crippen LogP contribution in [0.3, 0.4) is 0 Å². The highest BCUT2D eigenvalue weighted by Crippen LogP contribution is 2.33. The van der Waals surface area contributed by atoms with E-state index in [9.17, 15) is 0 Å². The molecular formula is C31H37N7. The number of anilines is 1. The molecule has 3 aromatic heterocycles. The molecule has 6 rings (SSSR count). The summed E-state index contributed by atoms with van der Waals surface area (Å²) in [7, 11) is 0. The number of nitrogens with zero attached hydrogens (tertiary/aromatic N) is 6. The van der Waals surface area contributed by atoms with E-state index in [0.29, 0.717) is 17.9 Å². The molecule has 7 heteroatoms. The first kappa shape index (κ1) is 24.6. The quantitative estimate of drug-likeness (QED) is 0.262. The molecule has 0 spiro atoms. The molecule has 4 heterocycles. The molecule has 1 saturated heterocycles. The van der Waals surface area contributed by atoms with Crippen LogP contribution in [0.4, 0.5) is 5.82 Å². The van der Waals surface area contributed by atoms with E-state index in [1.165, 1.54) is 36.9 Å². The summed E-state index contributed by atoms with van der Waals surface area (Å²) in [6.45, 7) is 6.67. The van der Waals surface area contributed by atoms with Crippen LogP contribution in [-0.2, 0) is 13.0 Å². The summed E-state index contributed by atoms with van der Waals surface area (Å²) in [6.07, 6.45) is 10.9. The second kappa shape index (κ2) is 10.6. The van der Waals surface area contributed by atoms with Crippen LogP contribution in [0.5, 0.6) is 0 Å². The lowest BCUT2D eigenvalue weighted by Crippen LogP contribution is -2.44. The molecule has 7 nitrogen and oxygen atoms in total. The minimum Gasteiger partial charge on any atom is -0.382 e. The summed E-state index contributed by atoms with van der Waals surface area (Å²) >= 11 is 0. The molecule has 0 aliphatic carbocycles. The average Bonchev–Trinajstić information content (AvgIpc) is 3.49. The summed E-state index contributed by atoms with van der Waals surface area (Å²) in [5.41, 5.74) is 12.8. The largest absolute Gasteiger partial charge is 0.382 e. The van der Waals surface area contributed by atoms with Crippen molar-refractivity contribution in [2.24, 2.45) is 0 Å². The zero-order valence-electron chi connectivity index (χ0n) is 22.4. The minimum absolute atomic E-state index is 0.506. The molecule has 1 aliphatic heterocycles. The van der Waals surface area contributed by atoms with Crippen LogP contribution in [0.1, 0.15) is 57.2 Å². The minimum atomic E-state index is 0.506. The van der Waals surface area contributed by atoms with Crippen molar-refractivity contribution in [1.82, 2.24) is 29.3 Å². The summed E-state index contributed by atoms with van der Waals surface area (Å²) in [5.74, 6) is 0.506. The monoisotopic (exact) mass is 507 g/mol. The molecule has 1 aliphatic rings. The number of rotatable bonds is 8. The van der Waals surface area contributed by atoms with Gasteiger partial charge in [0.05, 0.1) is 12.1 Å². The fourth-order valence-corrected chi connectivity index (χ4v) is 6.13. The van der Waals surface area contributed by atoms with Gasteiger partial charge in [0, 0.05) is 34.9 Å². The molecule has 38 heavy (non-hydrogen) atoms. The molecule has 2 N–H and O–H groups in total. The number of benzene rings is 2. The van der Waals surface area contributed by atoms with Gasteiger partial charge in [0.25, 0.3) is 0 Å². The van der Waals surface area contributed by atoms with Crippen LogP contribution in [0.25, 0.3) is 27.5 Å². The maximum atomic E-state index is 6.39. The van der Waals surface area contributed by atoms with Crippen molar-refractivity contribution in [3.05, 3.63) is 78.4 Å². The predicted molar refractivity (Wildman–Crippen MR) is 154 cm³/mol. The first-order chi connectivity index (χ1) is 18.6. The number of likely N-dealkylation sites (tertiary alicyclic amines) is 1. The van der Waals surface area contributed by atoms with E-state index in [0.717, 1.165) is 53.5 Å². The molecular weight excluding hydrogens is 470 g/mol. The lowest BCUT2D eigenvalue weighted by atomic mass is 9.97. The molecule has 0 radical (unpaired) electrons. The number of hydrogen-bond acceptors (Lipinski definition) is 5. The highest BCUT2D eigenvalue weighted by atomic mass is 15.3. The molecule has 2 aromatic carbocycles. The maximum absolute atomic E-state index is 6.39. The third-order valence-electron chi connectivity index (χ3n) is 8.18. The SMILES string of the molecule is CC1CCCC(C)N1CCCCc1cc(-c2ccc3cn(Cc4ccccc4)nc3c2)c2c(N)ncnn12. The van der Waals surface area contributed by atoms with Gasteiger partial charge in [0.15, 0.2) is 5.82 Å². The Labute approximate surface area is 224 Å². The second-order valence-corrected chi connectivity index (χ2v) is 10.9. The third kappa shape index (κ3) is 4.90. The van der Waals surface area contributed by atoms with E-state index in [1.807, 2.05) is 15.3 Å². The Morgan fingerprint density at radius 2 is 1.79 bits per heavy atom. The number of hydrogen-bond donors (Lipinski definition) is 1. The van der Waals surface area contributed by atoms with Crippen molar-refractivity contribution in [3.63, 3.8) is 0 Å². The van der Waals surface area contributed by atoms with Gasteiger partial charge in [0.1, 0.15) is 11.8 Å². The summed E-state index contributed by atoms with van der Waals surface area (Å²) in [6, 6.07) is 20.5. The Kier molecular flexibility index (Phi) is 6.85. The summed E-state index contributed by atoms with van der Waals surface area (Å²) in [5, 5.41) is 10.6. The van der Waals surface area contributed by atoms with Gasteiger partial charge in [0.2, 0.25) is 0 Å². The number of piperidine rings is 1. The van der Waals surface area contributed by atoms with Gasteiger partial charge in [-0.15, -0.1) is 0 Å². The zero-order chi connectivity index (χ0) is 26.1. The lowest BCUT2D eigenvalue weighted by Gasteiger charge is -2.39. The Bertz CT molecular complexity index is 1520. The van der Waals surface area contributed by atoms with Crippen molar-refractivity contribution in [1.29, 1.82) is 0 Å². The van der Waals surface area contributed by atoms with Crippen molar-refractivity contribution in [2.45, 2.75) is 71.0 Å². The Balaban J connectivity index is 1.23. The van der Waals surface area contributed by atoms with E-state index in [4.69, 9.17) is 10.8 Å². The van der Waals surface area contributed by atoms with Gasteiger partial charge in [-0.05, 0) is 75.8 Å². The van der Waals surface area contributed by atoms with Crippen LogP contribution in [0.2, 0.25) is 0 Å². The highest BCUT2D eigenvalue weighted by Gasteiger charge is 2.24. The van der Waals surface area contributed by atoms with Gasteiger partial charge in [-0.3, -0.25) is 9.58 Å². The zero-order valence-corrected chi connectivity index (χ0v) is 22.4. The second-order valence-electron chi connectivity index (χ2n) is 10.9. The Morgan fingerprint density at radius 1 is 0.974 bits per heavy atom. The first-order valence-electron chi connectivity index (χ1n) is 13.9. The molecule has 2 unspecified atom stereocenters. The van der Waals surface area contributed by atoms with Crippen molar-refractivity contribution in [2.75, 3.05) is 12.3 Å². The first-order valence-corrected chi connectivity index (χ1v) is 13.9. The van der Waals surface area contributed by atoms with Crippen molar-refractivity contribution in [3.8, 4) is 11.1 Å². The smallest absolute Gasteiger partial charge is 0.151 e. The lowest BCUT2D eigenvalue weighted by molar-refractivity contribution is 0.101. The normalized spacial score (nSPS) is 18.5. The summed E-state index contributed by atoms with van der Waals surface area (Å²) in [4.78, 5) is 7.01. The number of nitrogen functional groups attached to an aromatic ring is 1. The standard InChI is InChI=1S/C31H37N7/c1-22-9-8-10-23(2)37(22)16-7-6-13-27-18-28(30-31(32)33-21-34-38(27)30)25-14-15-26-20-36(35-29(26)17-25)19-24-11-4-3-5-12-24/h3-5,11-12,14-15,17-18,20-23H,6-10,13,16,19H2,1-2H3,(H2,32,33,34). The number of aryl methyl sites for hydroxylation is 1. The van der Waals surface area contributed by atoms with E-state index >= 15 is 0 Å². The number of fused-ring (bicyclic) bond motifs is 2. The Morgan fingerprint density at radius 3 is 2.61 bits per heavy atom. The fraction of sp³-hybridized carbons (Fsp3) is 0.387. The molecule has 5 aromatic rings. The van der Waals surface area contributed by atoms with Gasteiger partial charge in [-0.1, -0.05) is 48.9 Å². The van der Waals surface area contributed by atoms with Gasteiger partial charge in [-0.2, -0.15) is 10.2 Å². The summed E-state index contributed by atoms with van der Waals surface area (Å²) < 4.78 is 4.00. The van der Waals surface area contributed by atoms with Gasteiger partial charge >= 0.3 is 0 Å². The van der Waals surface area contributed by atoms with Crippen LogP contribution < -0.4 is 5.73 Å². The van der Waals surface area contributed by atoms with Crippen LogP contribution >= 0.6 is 0 Å². The molecule has 1 fully saturated rings. The van der Waals surface area contributed by atoms with Crippen molar-refractivity contribution >= 4 is 22.2 Å². The molecule has 196 valence electrons. The predicted octanol–water partition coefficient (Wildman–Crippen LogP) is 5.96. The molecule has 2 atom stereocenters. The van der Waals surface area contributed by atoms with Gasteiger partial charge < -0.3 is 5.73 Å². The molecule has 0 amide bonds. The topological polar surface area (TPSA) is 77.3 Å². The van der Waals surface area contributed by atoms with Crippen molar-refractivity contribution < 1.29 is 0 Å². The third-order valence-corrected chi connectivity index (χ3v) is 8.18. The van der Waals surface area contributed by atoms with Crippen LogP contribution in [0.15, 0.2) is 67.1 Å². The van der Waals surface area contributed by atoms with Crippen LogP contribution in [-0.4, -0.2) is 47.9 Å². The van der Waals surface area contributed by atoms with Crippen LogP contribution in [0, 0.1) is 0 Å². The molecule has 0 bridgehead atoms.